The Labute approximate surface area is 140 Å². The molecule has 0 aliphatic carbocycles. The Balaban J connectivity index is 3.56. The first-order chi connectivity index (χ1) is 11.0. The van der Waals surface area contributed by atoms with Crippen LogP contribution in [-0.2, 0) is 4.79 Å². The van der Waals surface area contributed by atoms with Gasteiger partial charge in [-0.25, -0.2) is 0 Å². The van der Waals surface area contributed by atoms with Crippen molar-refractivity contribution in [3.8, 4) is 0 Å². The Hall–Kier alpha value is -0.910. The fourth-order valence-electron chi connectivity index (χ4n) is 2.45. The lowest BCUT2D eigenvalue weighted by atomic mass is 10.00. The van der Waals surface area contributed by atoms with Gasteiger partial charge < -0.3 is 20.4 Å². The van der Waals surface area contributed by atoms with Crippen LogP contribution in [0.15, 0.2) is 12.2 Å². The molecule has 0 heterocycles. The van der Waals surface area contributed by atoms with Crippen LogP contribution in [0.2, 0.25) is 0 Å². The second kappa shape index (κ2) is 14.7. The Morgan fingerprint density at radius 2 is 1.52 bits per heavy atom. The maximum atomic E-state index is 10.4. The van der Waals surface area contributed by atoms with Crippen LogP contribution in [0.4, 0.5) is 0 Å². The van der Waals surface area contributed by atoms with Crippen molar-refractivity contribution in [1.29, 1.82) is 0 Å². The van der Waals surface area contributed by atoms with E-state index < -0.39 is 24.3 Å². The molecule has 23 heavy (non-hydrogen) atoms. The smallest absolute Gasteiger partial charge is 0.303 e. The number of aliphatic hydroxyl groups is 3. The van der Waals surface area contributed by atoms with Crippen molar-refractivity contribution in [3.05, 3.63) is 12.2 Å². The normalized spacial score (nSPS) is 15.7. The predicted octanol–water partition coefficient (Wildman–Crippen LogP) is 3.02. The number of allylic oxidation sites excluding steroid dienone is 1. The lowest BCUT2D eigenvalue weighted by Crippen LogP contribution is -2.26. The Morgan fingerprint density at radius 1 is 0.870 bits per heavy atom. The average molecular weight is 330 g/mol. The van der Waals surface area contributed by atoms with E-state index in [1.165, 1.54) is 0 Å². The quantitative estimate of drug-likeness (QED) is 0.273. The number of unbranched alkanes of at least 4 members (excludes halogenated alkanes) is 4. The molecule has 0 aromatic rings. The van der Waals surface area contributed by atoms with Gasteiger partial charge in [0.05, 0.1) is 18.3 Å². The molecule has 0 aliphatic rings. The predicted molar refractivity (Wildman–Crippen MR) is 91.3 cm³/mol. The molecule has 0 spiro atoms. The summed E-state index contributed by atoms with van der Waals surface area (Å²) in [4.78, 5) is 10.4. The first-order valence-electron chi connectivity index (χ1n) is 8.88. The number of carbonyl (C=O) groups is 1. The summed E-state index contributed by atoms with van der Waals surface area (Å²) in [5.74, 6) is -0.744. The monoisotopic (exact) mass is 330 g/mol. The molecule has 0 aliphatic heterocycles. The van der Waals surface area contributed by atoms with Crippen LogP contribution in [0, 0.1) is 0 Å². The van der Waals surface area contributed by atoms with Crippen molar-refractivity contribution >= 4 is 5.97 Å². The molecular weight excluding hydrogens is 296 g/mol. The van der Waals surface area contributed by atoms with Gasteiger partial charge in [-0.05, 0) is 38.5 Å². The summed E-state index contributed by atoms with van der Waals surface area (Å²) in [5, 5.41) is 38.0. The molecule has 5 nitrogen and oxygen atoms in total. The molecule has 0 aromatic heterocycles. The molecule has 0 bridgehead atoms. The highest BCUT2D eigenvalue weighted by atomic mass is 16.4. The molecule has 0 unspecified atom stereocenters. The molecular formula is C18H34O5. The highest BCUT2D eigenvalue weighted by molar-refractivity contribution is 5.66. The van der Waals surface area contributed by atoms with E-state index in [0.29, 0.717) is 32.1 Å². The Morgan fingerprint density at radius 3 is 2.17 bits per heavy atom. The van der Waals surface area contributed by atoms with Crippen molar-refractivity contribution in [2.75, 3.05) is 0 Å². The van der Waals surface area contributed by atoms with Gasteiger partial charge in [0.2, 0.25) is 0 Å². The molecule has 5 heteroatoms. The molecule has 136 valence electrons. The summed E-state index contributed by atoms with van der Waals surface area (Å²) in [6.07, 6.45) is 9.54. The Bertz CT molecular complexity index is 317. The fourth-order valence-corrected chi connectivity index (χ4v) is 2.45. The number of rotatable bonds is 15. The van der Waals surface area contributed by atoms with E-state index in [9.17, 15) is 20.1 Å². The van der Waals surface area contributed by atoms with Crippen molar-refractivity contribution in [2.45, 2.75) is 95.9 Å². The van der Waals surface area contributed by atoms with Crippen molar-refractivity contribution in [1.82, 2.24) is 0 Å². The standard InChI is InChI=1S/C18H34O5/c1-2-3-7-11-16(20)17(21)14-13-15(19)10-8-5-4-6-9-12-18(22)23/h3,7,15-17,19-21H,2,4-6,8-14H2,1H3,(H,22,23)/b7-3-/t15-,16-,17+/m1/s1. The largest absolute Gasteiger partial charge is 0.481 e. The summed E-state index contributed by atoms with van der Waals surface area (Å²) in [6.45, 7) is 2.02. The van der Waals surface area contributed by atoms with Crippen LogP contribution in [0.1, 0.15) is 77.6 Å². The molecule has 0 rings (SSSR count). The second-order valence-electron chi connectivity index (χ2n) is 6.18. The maximum Gasteiger partial charge on any atom is 0.303 e. The summed E-state index contributed by atoms with van der Waals surface area (Å²) in [5.41, 5.74) is 0. The van der Waals surface area contributed by atoms with Gasteiger partial charge in [0, 0.05) is 6.42 Å². The zero-order valence-electron chi connectivity index (χ0n) is 14.4. The molecule has 4 N–H and O–H groups in total. The number of carboxylic acids is 1. The van der Waals surface area contributed by atoms with E-state index in [4.69, 9.17) is 5.11 Å². The summed E-state index contributed by atoms with van der Waals surface area (Å²) in [7, 11) is 0. The third-order valence-electron chi connectivity index (χ3n) is 3.95. The van der Waals surface area contributed by atoms with E-state index in [-0.39, 0.29) is 6.42 Å². The third kappa shape index (κ3) is 14.4. The highest BCUT2D eigenvalue weighted by Gasteiger charge is 2.16. The first kappa shape index (κ1) is 22.1. The lowest BCUT2D eigenvalue weighted by Gasteiger charge is -2.18. The van der Waals surface area contributed by atoms with Crippen LogP contribution >= 0.6 is 0 Å². The van der Waals surface area contributed by atoms with Crippen LogP contribution < -0.4 is 0 Å². The van der Waals surface area contributed by atoms with Gasteiger partial charge in [-0.3, -0.25) is 4.79 Å². The summed E-state index contributed by atoms with van der Waals surface area (Å²) >= 11 is 0. The lowest BCUT2D eigenvalue weighted by molar-refractivity contribution is -0.137. The minimum absolute atomic E-state index is 0.232. The molecule has 0 fully saturated rings. The zero-order valence-corrected chi connectivity index (χ0v) is 14.4. The number of hydrogen-bond acceptors (Lipinski definition) is 4. The molecule has 0 saturated heterocycles. The third-order valence-corrected chi connectivity index (χ3v) is 3.95. The van der Waals surface area contributed by atoms with Crippen LogP contribution in [0.5, 0.6) is 0 Å². The minimum Gasteiger partial charge on any atom is -0.481 e. The fraction of sp³-hybridized carbons (Fsp3) is 0.833. The van der Waals surface area contributed by atoms with Crippen LogP contribution in [0.3, 0.4) is 0 Å². The first-order valence-corrected chi connectivity index (χ1v) is 8.88. The van der Waals surface area contributed by atoms with Gasteiger partial charge in [0.15, 0.2) is 0 Å². The summed E-state index contributed by atoms with van der Waals surface area (Å²) < 4.78 is 0. The van der Waals surface area contributed by atoms with Crippen molar-refractivity contribution in [2.24, 2.45) is 0 Å². The number of hydrogen-bond donors (Lipinski definition) is 4. The zero-order chi connectivity index (χ0) is 17.5. The molecule has 0 saturated carbocycles. The van der Waals surface area contributed by atoms with Crippen molar-refractivity contribution in [3.63, 3.8) is 0 Å². The molecule has 0 amide bonds. The van der Waals surface area contributed by atoms with E-state index >= 15 is 0 Å². The Kier molecular flexibility index (Phi) is 14.1. The van der Waals surface area contributed by atoms with Gasteiger partial charge in [-0.15, -0.1) is 0 Å². The van der Waals surface area contributed by atoms with Gasteiger partial charge >= 0.3 is 5.97 Å². The van der Waals surface area contributed by atoms with E-state index in [2.05, 4.69) is 0 Å². The maximum absolute atomic E-state index is 10.4. The SMILES string of the molecule is CC/C=C\C[C@@H](O)[C@@H](O)CC[C@H](O)CCCCCCCC(=O)O. The average Bonchev–Trinajstić information content (AvgIpc) is 2.51. The van der Waals surface area contributed by atoms with Gasteiger partial charge in [0.25, 0.3) is 0 Å². The molecule has 0 aromatic carbocycles. The number of carboxylic acid groups (broad SMARTS) is 1. The molecule has 0 radical (unpaired) electrons. The number of aliphatic carboxylic acids is 1. The molecule has 3 atom stereocenters. The van der Waals surface area contributed by atoms with Crippen LogP contribution in [0.25, 0.3) is 0 Å². The van der Waals surface area contributed by atoms with E-state index in [1.807, 2.05) is 19.1 Å². The topological polar surface area (TPSA) is 98.0 Å². The van der Waals surface area contributed by atoms with Gasteiger partial charge in [-0.2, -0.15) is 0 Å². The van der Waals surface area contributed by atoms with Gasteiger partial charge in [-0.1, -0.05) is 44.8 Å². The van der Waals surface area contributed by atoms with E-state index in [0.717, 1.165) is 32.1 Å². The minimum atomic E-state index is -0.790. The van der Waals surface area contributed by atoms with Crippen molar-refractivity contribution < 1.29 is 25.2 Å². The van der Waals surface area contributed by atoms with E-state index in [1.54, 1.807) is 0 Å². The number of aliphatic hydroxyl groups excluding tert-OH is 3. The van der Waals surface area contributed by atoms with Crippen LogP contribution in [-0.4, -0.2) is 44.7 Å². The van der Waals surface area contributed by atoms with Gasteiger partial charge in [0.1, 0.15) is 0 Å². The summed E-state index contributed by atoms with van der Waals surface area (Å²) in [6, 6.07) is 0. The second-order valence-corrected chi connectivity index (χ2v) is 6.18. The highest BCUT2D eigenvalue weighted by Crippen LogP contribution is 2.14.